The number of hydrogen-bond acceptors (Lipinski definition) is 4. The van der Waals surface area contributed by atoms with Crippen LogP contribution in [0.15, 0.2) is 64.8 Å². The number of nitrogens with zero attached hydrogens (tertiary/aromatic N) is 2. The molecule has 0 atom stereocenters. The van der Waals surface area contributed by atoms with Crippen LogP contribution in [0.1, 0.15) is 11.1 Å². The van der Waals surface area contributed by atoms with Gasteiger partial charge < -0.3 is 4.74 Å². The van der Waals surface area contributed by atoms with Crippen LogP contribution < -0.4 is 10.3 Å². The first-order valence-corrected chi connectivity index (χ1v) is 9.76. The maximum atomic E-state index is 12.9. The highest BCUT2D eigenvalue weighted by atomic mass is 32.1. The molecule has 0 N–H and O–H groups in total. The molecular weight excluding hydrogens is 356 g/mol. The lowest BCUT2D eigenvalue weighted by atomic mass is 10.1. The minimum Gasteiger partial charge on any atom is -0.491 e. The quantitative estimate of drug-likeness (QED) is 0.501. The van der Waals surface area contributed by atoms with Crippen molar-refractivity contribution in [3.63, 3.8) is 0 Å². The lowest BCUT2D eigenvalue weighted by Crippen LogP contribution is -2.26. The molecule has 2 aromatic carbocycles. The summed E-state index contributed by atoms with van der Waals surface area (Å²) >= 11 is 1.62. The molecule has 0 spiro atoms. The summed E-state index contributed by atoms with van der Waals surface area (Å²) < 4.78 is 7.49. The summed E-state index contributed by atoms with van der Waals surface area (Å²) in [6.07, 6.45) is 0. The molecule has 0 bridgehead atoms. The Morgan fingerprint density at radius 2 is 1.70 bits per heavy atom. The van der Waals surface area contributed by atoms with Crippen molar-refractivity contribution < 1.29 is 4.74 Å². The number of benzene rings is 2. The van der Waals surface area contributed by atoms with E-state index in [1.54, 1.807) is 11.3 Å². The Balaban J connectivity index is 1.68. The van der Waals surface area contributed by atoms with Crippen LogP contribution in [-0.4, -0.2) is 16.4 Å². The van der Waals surface area contributed by atoms with Crippen molar-refractivity contribution in [2.75, 3.05) is 6.61 Å². The van der Waals surface area contributed by atoms with Gasteiger partial charge >= 0.3 is 0 Å². The first kappa shape index (κ1) is 17.5. The van der Waals surface area contributed by atoms with Gasteiger partial charge in [0.2, 0.25) is 0 Å². The second-order valence-electron chi connectivity index (χ2n) is 6.47. The summed E-state index contributed by atoms with van der Waals surface area (Å²) in [5.74, 6) is 0.879. The van der Waals surface area contributed by atoms with Crippen molar-refractivity contribution in [2.24, 2.45) is 0 Å². The van der Waals surface area contributed by atoms with E-state index in [9.17, 15) is 4.79 Å². The molecule has 4 rings (SSSR count). The highest BCUT2D eigenvalue weighted by Gasteiger charge is 2.13. The maximum absolute atomic E-state index is 12.9. The highest BCUT2D eigenvalue weighted by Crippen LogP contribution is 2.28. The fourth-order valence-corrected chi connectivity index (χ4v) is 3.97. The van der Waals surface area contributed by atoms with Gasteiger partial charge in [0.25, 0.3) is 5.56 Å². The molecule has 4 nitrogen and oxygen atoms in total. The number of aromatic nitrogens is 2. The number of aryl methyl sites for hydroxylation is 2. The van der Waals surface area contributed by atoms with Gasteiger partial charge in [-0.2, -0.15) is 5.10 Å². The Labute approximate surface area is 161 Å². The van der Waals surface area contributed by atoms with E-state index >= 15 is 0 Å². The van der Waals surface area contributed by atoms with Crippen LogP contribution in [0.4, 0.5) is 0 Å². The van der Waals surface area contributed by atoms with E-state index in [2.05, 4.69) is 5.10 Å². The lowest BCUT2D eigenvalue weighted by molar-refractivity contribution is 0.285. The van der Waals surface area contributed by atoms with E-state index in [1.807, 2.05) is 73.8 Å². The third-order valence-corrected chi connectivity index (χ3v) is 5.46. The molecule has 4 aromatic rings. The van der Waals surface area contributed by atoms with E-state index in [-0.39, 0.29) is 5.56 Å². The fourth-order valence-electron chi connectivity index (χ4n) is 3.24. The van der Waals surface area contributed by atoms with Crippen molar-refractivity contribution in [1.82, 2.24) is 9.78 Å². The predicted molar refractivity (Wildman–Crippen MR) is 111 cm³/mol. The Morgan fingerprint density at radius 3 is 2.41 bits per heavy atom. The molecule has 2 heterocycles. The number of fused-ring (bicyclic) bond motifs is 1. The van der Waals surface area contributed by atoms with Gasteiger partial charge in [0.05, 0.1) is 16.8 Å². The second kappa shape index (κ2) is 7.37. The van der Waals surface area contributed by atoms with Crippen molar-refractivity contribution in [1.29, 1.82) is 0 Å². The van der Waals surface area contributed by atoms with E-state index in [0.29, 0.717) is 18.5 Å². The number of rotatable bonds is 5. The molecule has 2 aromatic heterocycles. The van der Waals surface area contributed by atoms with Gasteiger partial charge in [-0.3, -0.25) is 4.79 Å². The molecule has 0 fully saturated rings. The third-order valence-electron chi connectivity index (χ3n) is 4.58. The summed E-state index contributed by atoms with van der Waals surface area (Å²) in [4.78, 5) is 13.9. The summed E-state index contributed by atoms with van der Waals surface area (Å²) in [6, 6.07) is 17.7. The zero-order chi connectivity index (χ0) is 18.8. The van der Waals surface area contributed by atoms with Crippen LogP contribution in [-0.2, 0) is 6.54 Å². The van der Waals surface area contributed by atoms with Gasteiger partial charge in [-0.25, -0.2) is 4.68 Å². The molecular formula is C22H20N2O2S. The van der Waals surface area contributed by atoms with E-state index in [4.69, 9.17) is 4.74 Å². The number of ether oxygens (including phenoxy) is 1. The molecule has 0 unspecified atom stereocenters. The van der Waals surface area contributed by atoms with Crippen LogP contribution in [0.5, 0.6) is 5.75 Å². The smallest absolute Gasteiger partial charge is 0.274 e. The topological polar surface area (TPSA) is 44.1 Å². The van der Waals surface area contributed by atoms with Gasteiger partial charge in [0.1, 0.15) is 18.1 Å². The fraction of sp³-hybridized carbons (Fsp3) is 0.182. The molecule has 0 saturated heterocycles. The average Bonchev–Trinajstić information content (AvgIpc) is 3.20. The van der Waals surface area contributed by atoms with Crippen molar-refractivity contribution in [3.05, 3.63) is 81.5 Å². The zero-order valence-corrected chi connectivity index (χ0v) is 16.1. The Hall–Kier alpha value is -2.92. The average molecular weight is 376 g/mol. The predicted octanol–water partition coefficient (Wildman–Crippen LogP) is 4.82. The molecule has 0 aliphatic carbocycles. The summed E-state index contributed by atoms with van der Waals surface area (Å²) in [6.45, 7) is 4.84. The van der Waals surface area contributed by atoms with Crippen LogP contribution in [0.25, 0.3) is 21.3 Å². The van der Waals surface area contributed by atoms with Crippen molar-refractivity contribution >= 4 is 22.1 Å². The molecule has 0 aliphatic rings. The minimum absolute atomic E-state index is 0.0870. The molecule has 0 aliphatic heterocycles. The van der Waals surface area contributed by atoms with E-state index in [1.165, 1.54) is 4.68 Å². The molecule has 136 valence electrons. The van der Waals surface area contributed by atoms with Gasteiger partial charge in [-0.15, -0.1) is 11.3 Å². The lowest BCUT2D eigenvalue weighted by Gasteiger charge is -2.13. The SMILES string of the molecule is Cc1cccc(C)c1OCCn1nc(-c2cccs2)c2ccccc2c1=O. The largest absolute Gasteiger partial charge is 0.491 e. The third kappa shape index (κ3) is 3.38. The Bertz CT molecular complexity index is 1130. The molecule has 0 amide bonds. The van der Waals surface area contributed by atoms with Crippen molar-refractivity contribution in [3.8, 4) is 16.3 Å². The van der Waals surface area contributed by atoms with Gasteiger partial charge in [-0.05, 0) is 42.5 Å². The van der Waals surface area contributed by atoms with Crippen LogP contribution in [0.2, 0.25) is 0 Å². The second-order valence-corrected chi connectivity index (χ2v) is 7.42. The summed E-state index contributed by atoms with van der Waals surface area (Å²) in [7, 11) is 0. The van der Waals surface area contributed by atoms with Gasteiger partial charge in [0.15, 0.2) is 0 Å². The monoisotopic (exact) mass is 376 g/mol. The van der Waals surface area contributed by atoms with Crippen molar-refractivity contribution in [2.45, 2.75) is 20.4 Å². The highest BCUT2D eigenvalue weighted by molar-refractivity contribution is 7.13. The van der Waals surface area contributed by atoms with Gasteiger partial charge in [-0.1, -0.05) is 42.5 Å². The Morgan fingerprint density at radius 1 is 0.963 bits per heavy atom. The standard InChI is InChI=1S/C22H20N2O2S/c1-15-7-5-8-16(2)21(15)26-13-12-24-22(25)18-10-4-3-9-17(18)20(23-24)19-11-6-14-27-19/h3-11,14H,12-13H2,1-2H3. The van der Waals surface area contributed by atoms with Gasteiger partial charge in [0, 0.05) is 5.39 Å². The molecule has 0 saturated carbocycles. The number of para-hydroxylation sites is 1. The van der Waals surface area contributed by atoms with E-state index < -0.39 is 0 Å². The molecule has 0 radical (unpaired) electrons. The maximum Gasteiger partial charge on any atom is 0.274 e. The van der Waals surface area contributed by atoms with E-state index in [0.717, 1.165) is 32.8 Å². The zero-order valence-electron chi connectivity index (χ0n) is 15.3. The molecule has 27 heavy (non-hydrogen) atoms. The number of hydrogen-bond donors (Lipinski definition) is 0. The summed E-state index contributed by atoms with van der Waals surface area (Å²) in [5.41, 5.74) is 2.93. The van der Waals surface area contributed by atoms with Crippen LogP contribution in [0, 0.1) is 13.8 Å². The first-order chi connectivity index (χ1) is 13.1. The van der Waals surface area contributed by atoms with Crippen LogP contribution in [0.3, 0.4) is 0 Å². The number of thiophene rings is 1. The molecule has 5 heteroatoms. The minimum atomic E-state index is -0.0870. The normalized spacial score (nSPS) is 11.0. The Kier molecular flexibility index (Phi) is 4.77. The summed E-state index contributed by atoms with van der Waals surface area (Å²) in [5, 5.41) is 8.24. The first-order valence-electron chi connectivity index (χ1n) is 8.88. The van der Waals surface area contributed by atoms with Crippen LogP contribution >= 0.6 is 11.3 Å².